The van der Waals surface area contributed by atoms with Crippen molar-refractivity contribution in [2.24, 2.45) is 0 Å². The summed E-state index contributed by atoms with van der Waals surface area (Å²) in [4.78, 5) is 11.7. The molecule has 134 valence electrons. The topological polar surface area (TPSA) is 72.5 Å². The fourth-order valence-electron chi connectivity index (χ4n) is 2.38. The molecule has 0 radical (unpaired) electrons. The van der Waals surface area contributed by atoms with Gasteiger partial charge in [0.2, 0.25) is 5.91 Å². The first-order chi connectivity index (χ1) is 11.8. The molecule has 0 aromatic heterocycles. The van der Waals surface area contributed by atoms with E-state index in [4.69, 9.17) is 4.18 Å². The predicted octanol–water partition coefficient (Wildman–Crippen LogP) is 4.32. The zero-order valence-corrected chi connectivity index (χ0v) is 15.5. The van der Waals surface area contributed by atoms with Gasteiger partial charge in [0.25, 0.3) is 0 Å². The van der Waals surface area contributed by atoms with Crippen LogP contribution < -0.4 is 9.50 Å². The second-order valence-corrected chi connectivity index (χ2v) is 7.60. The van der Waals surface area contributed by atoms with Crippen molar-refractivity contribution in [3.8, 4) is 5.75 Å². The highest BCUT2D eigenvalue weighted by Gasteiger charge is 2.20. The third-order valence-corrected chi connectivity index (χ3v) is 4.85. The van der Waals surface area contributed by atoms with Crippen molar-refractivity contribution >= 4 is 21.7 Å². The number of carbonyl (C=O) groups excluding carboxylic acids is 1. The van der Waals surface area contributed by atoms with E-state index in [2.05, 4.69) is 5.32 Å². The molecule has 5 nitrogen and oxygen atoms in total. The average molecular weight is 361 g/mol. The zero-order chi connectivity index (χ0) is 18.4. The maximum absolute atomic E-state index is 12.6. The summed E-state index contributed by atoms with van der Waals surface area (Å²) in [6, 6.07) is 13.1. The fraction of sp³-hybridized carbons (Fsp3) is 0.316. The van der Waals surface area contributed by atoms with Crippen LogP contribution in [-0.2, 0) is 14.9 Å². The van der Waals surface area contributed by atoms with Gasteiger partial charge in [-0.15, -0.1) is 0 Å². The Hall–Kier alpha value is -2.34. The van der Waals surface area contributed by atoms with Gasteiger partial charge < -0.3 is 9.50 Å². The highest BCUT2D eigenvalue weighted by molar-refractivity contribution is 7.87. The molecule has 1 N–H and O–H groups in total. The Morgan fingerprint density at radius 1 is 1.12 bits per heavy atom. The van der Waals surface area contributed by atoms with Gasteiger partial charge in [0, 0.05) is 12.1 Å². The maximum atomic E-state index is 12.6. The third-order valence-electron chi connectivity index (χ3n) is 3.62. The molecule has 0 saturated carbocycles. The standard InChI is InChI=1S/C19H23NO4S/c1-4-8-19(21)20-15-9-7-10-16(13-15)25(22,23)24-18-12-6-5-11-17(18)14(2)3/h5-7,9-14H,4,8H2,1-3H3,(H,20,21). The van der Waals surface area contributed by atoms with Gasteiger partial charge in [0.1, 0.15) is 10.6 Å². The lowest BCUT2D eigenvalue weighted by Crippen LogP contribution is -2.13. The summed E-state index contributed by atoms with van der Waals surface area (Å²) in [6.45, 7) is 5.85. The van der Waals surface area contributed by atoms with Gasteiger partial charge >= 0.3 is 10.1 Å². The molecule has 2 aromatic rings. The summed E-state index contributed by atoms with van der Waals surface area (Å²) in [6.07, 6.45) is 1.11. The molecule has 2 rings (SSSR count). The van der Waals surface area contributed by atoms with Crippen LogP contribution in [0.3, 0.4) is 0 Å². The van der Waals surface area contributed by atoms with Crippen LogP contribution in [0.2, 0.25) is 0 Å². The molecule has 2 aromatic carbocycles. The lowest BCUT2D eigenvalue weighted by Gasteiger charge is -2.14. The van der Waals surface area contributed by atoms with Gasteiger partial charge in [-0.1, -0.05) is 45.0 Å². The lowest BCUT2D eigenvalue weighted by molar-refractivity contribution is -0.116. The maximum Gasteiger partial charge on any atom is 0.339 e. The zero-order valence-electron chi connectivity index (χ0n) is 14.7. The Balaban J connectivity index is 2.27. The number of nitrogens with one attached hydrogen (secondary N) is 1. The number of hydrogen-bond donors (Lipinski definition) is 1. The lowest BCUT2D eigenvalue weighted by atomic mass is 10.0. The van der Waals surface area contributed by atoms with Crippen LogP contribution in [0.4, 0.5) is 5.69 Å². The van der Waals surface area contributed by atoms with E-state index in [0.717, 1.165) is 12.0 Å². The molecule has 0 aliphatic heterocycles. The summed E-state index contributed by atoms with van der Waals surface area (Å²) in [5, 5.41) is 2.69. The summed E-state index contributed by atoms with van der Waals surface area (Å²) >= 11 is 0. The van der Waals surface area contributed by atoms with Crippen LogP contribution in [0.25, 0.3) is 0 Å². The van der Waals surface area contributed by atoms with Crippen molar-refractivity contribution in [3.05, 3.63) is 54.1 Å². The minimum atomic E-state index is -3.99. The number of para-hydroxylation sites is 1. The van der Waals surface area contributed by atoms with Crippen molar-refractivity contribution in [2.45, 2.75) is 44.4 Å². The number of hydrogen-bond acceptors (Lipinski definition) is 4. The van der Waals surface area contributed by atoms with E-state index in [1.54, 1.807) is 24.3 Å². The minimum Gasteiger partial charge on any atom is -0.379 e. The van der Waals surface area contributed by atoms with Gasteiger partial charge in [-0.05, 0) is 42.2 Å². The molecule has 0 aliphatic rings. The second kappa shape index (κ2) is 8.16. The number of amides is 1. The molecule has 25 heavy (non-hydrogen) atoms. The first kappa shape index (κ1) is 19.0. The van der Waals surface area contributed by atoms with Crippen molar-refractivity contribution in [1.29, 1.82) is 0 Å². The van der Waals surface area contributed by atoms with Gasteiger partial charge in [-0.2, -0.15) is 8.42 Å². The molecule has 0 spiro atoms. The molecule has 0 atom stereocenters. The molecule has 0 saturated heterocycles. The second-order valence-electron chi connectivity index (χ2n) is 6.06. The van der Waals surface area contributed by atoms with Crippen LogP contribution >= 0.6 is 0 Å². The number of rotatable bonds is 7. The Morgan fingerprint density at radius 3 is 2.52 bits per heavy atom. The van der Waals surface area contributed by atoms with E-state index in [0.29, 0.717) is 17.9 Å². The highest BCUT2D eigenvalue weighted by atomic mass is 32.2. The SMILES string of the molecule is CCCC(=O)Nc1cccc(S(=O)(=O)Oc2ccccc2C(C)C)c1. The molecule has 1 amide bonds. The average Bonchev–Trinajstić information content (AvgIpc) is 2.55. The van der Waals surface area contributed by atoms with Crippen LogP contribution in [0, 0.1) is 0 Å². The van der Waals surface area contributed by atoms with E-state index in [1.807, 2.05) is 32.9 Å². The van der Waals surface area contributed by atoms with Crippen molar-refractivity contribution in [3.63, 3.8) is 0 Å². The molecule has 0 heterocycles. The largest absolute Gasteiger partial charge is 0.379 e. The van der Waals surface area contributed by atoms with Gasteiger partial charge in [0.05, 0.1) is 0 Å². The Morgan fingerprint density at radius 2 is 1.84 bits per heavy atom. The Bertz CT molecular complexity index is 844. The molecular weight excluding hydrogens is 338 g/mol. The fourth-order valence-corrected chi connectivity index (χ4v) is 3.38. The summed E-state index contributed by atoms with van der Waals surface area (Å²) in [5.41, 5.74) is 1.25. The quantitative estimate of drug-likeness (QED) is 0.746. The molecule has 6 heteroatoms. The monoisotopic (exact) mass is 361 g/mol. The van der Waals surface area contributed by atoms with Gasteiger partial charge in [-0.25, -0.2) is 0 Å². The number of anilines is 1. The van der Waals surface area contributed by atoms with Crippen molar-refractivity contribution in [1.82, 2.24) is 0 Å². The molecule has 0 unspecified atom stereocenters. The first-order valence-corrected chi connectivity index (χ1v) is 9.67. The van der Waals surface area contributed by atoms with Crippen molar-refractivity contribution < 1.29 is 17.4 Å². The smallest absolute Gasteiger partial charge is 0.339 e. The highest BCUT2D eigenvalue weighted by Crippen LogP contribution is 2.29. The Labute approximate surface area is 149 Å². The van der Waals surface area contributed by atoms with Gasteiger partial charge in [0.15, 0.2) is 0 Å². The van der Waals surface area contributed by atoms with Crippen LogP contribution in [0.15, 0.2) is 53.4 Å². The third kappa shape index (κ3) is 5.06. The summed E-state index contributed by atoms with van der Waals surface area (Å²) < 4.78 is 30.6. The minimum absolute atomic E-state index is 0.000331. The Kier molecular flexibility index (Phi) is 6.20. The molecular formula is C19H23NO4S. The summed E-state index contributed by atoms with van der Waals surface area (Å²) in [7, 11) is -3.99. The van der Waals surface area contributed by atoms with Crippen LogP contribution in [-0.4, -0.2) is 14.3 Å². The van der Waals surface area contributed by atoms with E-state index in [1.165, 1.54) is 12.1 Å². The van der Waals surface area contributed by atoms with E-state index >= 15 is 0 Å². The number of carbonyl (C=O) groups is 1. The number of benzene rings is 2. The summed E-state index contributed by atoms with van der Waals surface area (Å²) in [5.74, 6) is 0.298. The molecule has 0 bridgehead atoms. The van der Waals surface area contributed by atoms with Crippen molar-refractivity contribution in [2.75, 3.05) is 5.32 Å². The van der Waals surface area contributed by atoms with E-state index in [-0.39, 0.29) is 16.7 Å². The predicted molar refractivity (Wildman–Crippen MR) is 98.3 cm³/mol. The van der Waals surface area contributed by atoms with Crippen LogP contribution in [0.5, 0.6) is 5.75 Å². The first-order valence-electron chi connectivity index (χ1n) is 8.27. The van der Waals surface area contributed by atoms with E-state index < -0.39 is 10.1 Å². The van der Waals surface area contributed by atoms with E-state index in [9.17, 15) is 13.2 Å². The molecule has 0 aliphatic carbocycles. The van der Waals surface area contributed by atoms with Gasteiger partial charge in [-0.3, -0.25) is 4.79 Å². The van der Waals surface area contributed by atoms with Crippen LogP contribution in [0.1, 0.15) is 45.1 Å². The normalized spacial score (nSPS) is 11.4. The molecule has 0 fully saturated rings.